The summed E-state index contributed by atoms with van der Waals surface area (Å²) in [6, 6.07) is 14.4. The Morgan fingerprint density at radius 1 is 1.14 bits per heavy atom. The van der Waals surface area contributed by atoms with E-state index in [4.69, 9.17) is 10.5 Å². The number of unbranched alkanes of at least 4 members (excludes halogenated alkanes) is 1. The standard InChI is InChI=1S/C17H21N3O2/c1-2-3-11-19-17(21)20-16-12-14(9-10-15(16)18)22-13-7-5-4-6-8-13/h4-10,12H,2-3,11,18H2,1H3,(H2,19,20,21). The van der Waals surface area contributed by atoms with E-state index >= 15 is 0 Å². The van der Waals surface area contributed by atoms with Gasteiger partial charge in [-0.1, -0.05) is 31.5 Å². The fourth-order valence-corrected chi connectivity index (χ4v) is 1.88. The average Bonchev–Trinajstić information content (AvgIpc) is 2.52. The molecule has 2 aromatic carbocycles. The number of benzene rings is 2. The van der Waals surface area contributed by atoms with E-state index in [0.29, 0.717) is 23.7 Å². The lowest BCUT2D eigenvalue weighted by molar-refractivity contribution is 0.252. The van der Waals surface area contributed by atoms with Crippen molar-refractivity contribution in [3.05, 3.63) is 48.5 Å². The van der Waals surface area contributed by atoms with Gasteiger partial charge in [0.1, 0.15) is 11.5 Å². The molecule has 2 aromatic rings. The number of nitrogens with two attached hydrogens (primary N) is 1. The number of nitrogen functional groups attached to an aromatic ring is 1. The summed E-state index contributed by atoms with van der Waals surface area (Å²) in [6.45, 7) is 2.71. The molecule has 2 rings (SSSR count). The molecule has 5 nitrogen and oxygen atoms in total. The van der Waals surface area contributed by atoms with Gasteiger partial charge < -0.3 is 21.1 Å². The molecule has 0 fully saturated rings. The molecule has 0 heterocycles. The fraction of sp³-hybridized carbons (Fsp3) is 0.235. The lowest BCUT2D eigenvalue weighted by atomic mass is 10.2. The van der Waals surface area contributed by atoms with Crippen LogP contribution in [0.5, 0.6) is 11.5 Å². The second-order valence-electron chi connectivity index (χ2n) is 4.90. The second kappa shape index (κ2) is 7.93. The van der Waals surface area contributed by atoms with Gasteiger partial charge in [0, 0.05) is 12.6 Å². The average molecular weight is 299 g/mol. The zero-order valence-electron chi connectivity index (χ0n) is 12.6. The summed E-state index contributed by atoms with van der Waals surface area (Å²) in [5, 5.41) is 5.52. The lowest BCUT2D eigenvalue weighted by Gasteiger charge is -2.12. The van der Waals surface area contributed by atoms with Crippen molar-refractivity contribution in [3.63, 3.8) is 0 Å². The summed E-state index contributed by atoms with van der Waals surface area (Å²) in [6.07, 6.45) is 1.98. The van der Waals surface area contributed by atoms with Crippen molar-refractivity contribution in [2.45, 2.75) is 19.8 Å². The molecule has 0 spiro atoms. The Kier molecular flexibility index (Phi) is 5.65. The Labute approximate surface area is 130 Å². The van der Waals surface area contributed by atoms with Gasteiger partial charge in [-0.25, -0.2) is 4.79 Å². The summed E-state index contributed by atoms with van der Waals surface area (Å²) in [4.78, 5) is 11.8. The number of amides is 2. The van der Waals surface area contributed by atoms with Crippen LogP contribution in [0.3, 0.4) is 0 Å². The van der Waals surface area contributed by atoms with Crippen molar-refractivity contribution >= 4 is 17.4 Å². The van der Waals surface area contributed by atoms with E-state index in [-0.39, 0.29) is 6.03 Å². The number of para-hydroxylation sites is 1. The van der Waals surface area contributed by atoms with E-state index in [9.17, 15) is 4.79 Å². The van der Waals surface area contributed by atoms with Crippen LogP contribution < -0.4 is 21.1 Å². The number of nitrogens with one attached hydrogen (secondary N) is 2. The first-order chi connectivity index (χ1) is 10.7. The van der Waals surface area contributed by atoms with Crippen LogP contribution in [0, 0.1) is 0 Å². The lowest BCUT2D eigenvalue weighted by Crippen LogP contribution is -2.29. The Hall–Kier alpha value is -2.69. The maximum atomic E-state index is 11.8. The summed E-state index contributed by atoms with van der Waals surface area (Å²) in [7, 11) is 0. The SMILES string of the molecule is CCCCNC(=O)Nc1cc(Oc2ccccc2)ccc1N. The molecular formula is C17H21N3O2. The second-order valence-corrected chi connectivity index (χ2v) is 4.90. The minimum Gasteiger partial charge on any atom is -0.457 e. The summed E-state index contributed by atoms with van der Waals surface area (Å²) < 4.78 is 5.73. The van der Waals surface area contributed by atoms with E-state index in [0.717, 1.165) is 18.6 Å². The van der Waals surface area contributed by atoms with E-state index < -0.39 is 0 Å². The van der Waals surface area contributed by atoms with Crippen LogP contribution >= 0.6 is 0 Å². The maximum absolute atomic E-state index is 11.8. The first-order valence-corrected chi connectivity index (χ1v) is 7.36. The van der Waals surface area contributed by atoms with E-state index in [1.165, 1.54) is 0 Å². The number of hydrogen-bond acceptors (Lipinski definition) is 3. The minimum atomic E-state index is -0.267. The molecule has 2 amide bonds. The summed E-state index contributed by atoms with van der Waals surface area (Å²) >= 11 is 0. The van der Waals surface area contributed by atoms with Crippen molar-refractivity contribution in [1.29, 1.82) is 0 Å². The van der Waals surface area contributed by atoms with Gasteiger partial charge in [0.05, 0.1) is 11.4 Å². The van der Waals surface area contributed by atoms with Gasteiger partial charge in [-0.15, -0.1) is 0 Å². The van der Waals surface area contributed by atoms with E-state index in [1.54, 1.807) is 18.2 Å². The van der Waals surface area contributed by atoms with Gasteiger partial charge in [-0.3, -0.25) is 0 Å². The van der Waals surface area contributed by atoms with Crippen LogP contribution in [-0.4, -0.2) is 12.6 Å². The van der Waals surface area contributed by atoms with Crippen LogP contribution in [-0.2, 0) is 0 Å². The molecular weight excluding hydrogens is 278 g/mol. The molecule has 5 heteroatoms. The molecule has 0 saturated heterocycles. The molecule has 0 saturated carbocycles. The molecule has 22 heavy (non-hydrogen) atoms. The molecule has 116 valence electrons. The van der Waals surface area contributed by atoms with Crippen LogP contribution in [0.1, 0.15) is 19.8 Å². The molecule has 0 atom stereocenters. The van der Waals surface area contributed by atoms with Gasteiger partial charge in [0.15, 0.2) is 0 Å². The van der Waals surface area contributed by atoms with E-state index in [2.05, 4.69) is 17.6 Å². The highest BCUT2D eigenvalue weighted by atomic mass is 16.5. The Morgan fingerprint density at radius 2 is 1.91 bits per heavy atom. The number of hydrogen-bond donors (Lipinski definition) is 3. The molecule has 0 radical (unpaired) electrons. The van der Waals surface area contributed by atoms with Crippen molar-refractivity contribution in [1.82, 2.24) is 5.32 Å². The summed E-state index contributed by atoms with van der Waals surface area (Å²) in [5.74, 6) is 1.34. The van der Waals surface area contributed by atoms with Gasteiger partial charge in [0.2, 0.25) is 0 Å². The summed E-state index contributed by atoms with van der Waals surface area (Å²) in [5.41, 5.74) is 6.91. The maximum Gasteiger partial charge on any atom is 0.319 e. The van der Waals surface area contributed by atoms with Crippen molar-refractivity contribution in [3.8, 4) is 11.5 Å². The number of anilines is 2. The molecule has 0 unspecified atom stereocenters. The molecule has 0 aliphatic heterocycles. The predicted octanol–water partition coefficient (Wildman–Crippen LogP) is 3.98. The Morgan fingerprint density at radius 3 is 2.64 bits per heavy atom. The first-order valence-electron chi connectivity index (χ1n) is 7.36. The molecule has 0 aliphatic carbocycles. The normalized spacial score (nSPS) is 10.0. The fourth-order valence-electron chi connectivity index (χ4n) is 1.88. The Bertz CT molecular complexity index is 615. The highest BCUT2D eigenvalue weighted by molar-refractivity contribution is 5.92. The third kappa shape index (κ3) is 4.70. The highest BCUT2D eigenvalue weighted by Crippen LogP contribution is 2.28. The number of carbonyl (C=O) groups excluding carboxylic acids is 1. The van der Waals surface area contributed by atoms with Crippen LogP contribution in [0.4, 0.5) is 16.2 Å². The Balaban J connectivity index is 2.02. The quantitative estimate of drug-likeness (QED) is 0.557. The topological polar surface area (TPSA) is 76.4 Å². The molecule has 0 bridgehead atoms. The highest BCUT2D eigenvalue weighted by Gasteiger charge is 2.07. The largest absolute Gasteiger partial charge is 0.457 e. The van der Waals surface area contributed by atoms with Crippen LogP contribution in [0.2, 0.25) is 0 Å². The molecule has 0 aromatic heterocycles. The number of ether oxygens (including phenoxy) is 1. The van der Waals surface area contributed by atoms with Gasteiger partial charge in [-0.2, -0.15) is 0 Å². The monoisotopic (exact) mass is 299 g/mol. The smallest absolute Gasteiger partial charge is 0.319 e. The third-order valence-electron chi connectivity index (χ3n) is 3.07. The van der Waals surface area contributed by atoms with Gasteiger partial charge in [-0.05, 0) is 30.7 Å². The third-order valence-corrected chi connectivity index (χ3v) is 3.07. The first kappa shape index (κ1) is 15.7. The molecule has 0 aliphatic rings. The van der Waals surface area contributed by atoms with E-state index in [1.807, 2.05) is 30.3 Å². The van der Waals surface area contributed by atoms with Crippen LogP contribution in [0.15, 0.2) is 48.5 Å². The van der Waals surface area contributed by atoms with Crippen molar-refractivity contribution < 1.29 is 9.53 Å². The van der Waals surface area contributed by atoms with Gasteiger partial charge in [0.25, 0.3) is 0 Å². The molecule has 4 N–H and O–H groups in total. The zero-order chi connectivity index (χ0) is 15.8. The van der Waals surface area contributed by atoms with Gasteiger partial charge >= 0.3 is 6.03 Å². The zero-order valence-corrected chi connectivity index (χ0v) is 12.6. The minimum absolute atomic E-state index is 0.267. The van der Waals surface area contributed by atoms with Crippen LogP contribution in [0.25, 0.3) is 0 Å². The predicted molar refractivity (Wildman–Crippen MR) is 89.3 cm³/mol. The van der Waals surface area contributed by atoms with Crippen molar-refractivity contribution in [2.24, 2.45) is 0 Å². The van der Waals surface area contributed by atoms with Crippen molar-refractivity contribution in [2.75, 3.05) is 17.6 Å². The number of urea groups is 1. The number of rotatable bonds is 6. The number of carbonyl (C=O) groups is 1.